The highest BCUT2D eigenvalue weighted by molar-refractivity contribution is 5.68. The van der Waals surface area contributed by atoms with Gasteiger partial charge in [0.25, 0.3) is 0 Å². The van der Waals surface area contributed by atoms with Gasteiger partial charge in [-0.05, 0) is 33.1 Å². The molecule has 1 saturated heterocycles. The van der Waals surface area contributed by atoms with Gasteiger partial charge in [-0.2, -0.15) is 0 Å². The molecule has 94 valence electrons. The third kappa shape index (κ3) is 4.37. The van der Waals surface area contributed by atoms with Crippen molar-refractivity contribution in [3.63, 3.8) is 0 Å². The number of rotatable bonds is 3. The SMILES string of the molecule is CC(C)(C)OC(=O)N[C@H]1CNC[C@H]1CCO. The maximum Gasteiger partial charge on any atom is 0.407 e. The van der Waals surface area contributed by atoms with Crippen molar-refractivity contribution in [3.05, 3.63) is 0 Å². The van der Waals surface area contributed by atoms with Crippen LogP contribution in [0.4, 0.5) is 4.79 Å². The van der Waals surface area contributed by atoms with Crippen LogP contribution in [-0.2, 0) is 4.74 Å². The minimum Gasteiger partial charge on any atom is -0.444 e. The molecule has 0 aromatic carbocycles. The van der Waals surface area contributed by atoms with Crippen molar-refractivity contribution in [2.45, 2.75) is 38.8 Å². The summed E-state index contributed by atoms with van der Waals surface area (Å²) in [5, 5.41) is 14.9. The van der Waals surface area contributed by atoms with Crippen LogP contribution in [0.25, 0.3) is 0 Å². The lowest BCUT2D eigenvalue weighted by molar-refractivity contribution is 0.0493. The molecule has 1 fully saturated rings. The number of hydrogen-bond acceptors (Lipinski definition) is 4. The summed E-state index contributed by atoms with van der Waals surface area (Å²) < 4.78 is 5.19. The standard InChI is InChI=1S/C11H22N2O3/c1-11(2,3)16-10(15)13-9-7-12-6-8(9)4-5-14/h8-9,12,14H,4-7H2,1-3H3,(H,13,15)/t8-,9+/m1/s1. The third-order valence-electron chi connectivity index (χ3n) is 2.54. The van der Waals surface area contributed by atoms with Crippen LogP contribution in [0.15, 0.2) is 0 Å². The molecule has 3 N–H and O–H groups in total. The van der Waals surface area contributed by atoms with Crippen molar-refractivity contribution in [1.82, 2.24) is 10.6 Å². The lowest BCUT2D eigenvalue weighted by Gasteiger charge is -2.23. The summed E-state index contributed by atoms with van der Waals surface area (Å²) >= 11 is 0. The van der Waals surface area contributed by atoms with Crippen LogP contribution in [-0.4, -0.2) is 42.5 Å². The van der Waals surface area contributed by atoms with E-state index in [1.807, 2.05) is 20.8 Å². The van der Waals surface area contributed by atoms with Gasteiger partial charge in [0.1, 0.15) is 5.60 Å². The van der Waals surface area contributed by atoms with E-state index in [-0.39, 0.29) is 24.7 Å². The highest BCUT2D eigenvalue weighted by Gasteiger charge is 2.29. The Hall–Kier alpha value is -0.810. The molecule has 2 atom stereocenters. The average Bonchev–Trinajstić information content (AvgIpc) is 2.50. The molecule has 5 heteroatoms. The number of aliphatic hydroxyl groups excluding tert-OH is 1. The van der Waals surface area contributed by atoms with Gasteiger partial charge in [0.05, 0.1) is 0 Å². The predicted molar refractivity (Wildman–Crippen MR) is 61.2 cm³/mol. The molecule has 5 nitrogen and oxygen atoms in total. The number of alkyl carbamates (subject to hydrolysis) is 1. The Balaban J connectivity index is 2.38. The lowest BCUT2D eigenvalue weighted by atomic mass is 10.0. The van der Waals surface area contributed by atoms with Crippen LogP contribution < -0.4 is 10.6 Å². The fraction of sp³-hybridized carbons (Fsp3) is 0.909. The molecule has 0 aromatic heterocycles. The van der Waals surface area contributed by atoms with Gasteiger partial charge in [0, 0.05) is 25.7 Å². The zero-order valence-corrected chi connectivity index (χ0v) is 10.2. The summed E-state index contributed by atoms with van der Waals surface area (Å²) in [6.07, 6.45) is 0.317. The van der Waals surface area contributed by atoms with Crippen LogP contribution in [0, 0.1) is 5.92 Å². The van der Waals surface area contributed by atoms with Crippen LogP contribution in [0.2, 0.25) is 0 Å². The Bertz CT molecular complexity index is 238. The first kappa shape index (κ1) is 13.3. The highest BCUT2D eigenvalue weighted by atomic mass is 16.6. The Morgan fingerprint density at radius 3 is 2.75 bits per heavy atom. The van der Waals surface area contributed by atoms with E-state index >= 15 is 0 Å². The monoisotopic (exact) mass is 230 g/mol. The molecule has 16 heavy (non-hydrogen) atoms. The number of aliphatic hydroxyl groups is 1. The molecule has 1 aliphatic heterocycles. The lowest BCUT2D eigenvalue weighted by Crippen LogP contribution is -2.43. The number of amides is 1. The molecule has 0 spiro atoms. The van der Waals surface area contributed by atoms with Crippen LogP contribution in [0.1, 0.15) is 27.2 Å². The number of nitrogens with one attached hydrogen (secondary N) is 2. The molecular formula is C11H22N2O3. The smallest absolute Gasteiger partial charge is 0.407 e. The third-order valence-corrected chi connectivity index (χ3v) is 2.54. The number of ether oxygens (including phenoxy) is 1. The average molecular weight is 230 g/mol. The molecule has 1 rings (SSSR count). The van der Waals surface area contributed by atoms with Gasteiger partial charge in [0.15, 0.2) is 0 Å². The van der Waals surface area contributed by atoms with E-state index in [4.69, 9.17) is 9.84 Å². The number of hydrogen-bond donors (Lipinski definition) is 3. The van der Waals surface area contributed by atoms with Crippen LogP contribution in [0.3, 0.4) is 0 Å². The van der Waals surface area contributed by atoms with Crippen molar-refractivity contribution < 1.29 is 14.6 Å². The fourth-order valence-corrected chi connectivity index (χ4v) is 1.83. The Morgan fingerprint density at radius 2 is 2.19 bits per heavy atom. The molecular weight excluding hydrogens is 208 g/mol. The highest BCUT2D eigenvalue weighted by Crippen LogP contribution is 2.14. The van der Waals surface area contributed by atoms with E-state index in [1.165, 1.54) is 0 Å². The maximum absolute atomic E-state index is 11.5. The molecule has 0 aliphatic carbocycles. The first-order valence-corrected chi connectivity index (χ1v) is 5.73. The first-order valence-electron chi connectivity index (χ1n) is 5.73. The van der Waals surface area contributed by atoms with E-state index in [1.54, 1.807) is 0 Å². The van der Waals surface area contributed by atoms with Crippen molar-refractivity contribution in [2.24, 2.45) is 5.92 Å². The molecule has 1 heterocycles. The molecule has 1 amide bonds. The minimum absolute atomic E-state index is 0.0574. The summed E-state index contributed by atoms with van der Waals surface area (Å²) in [5.74, 6) is 0.289. The zero-order chi connectivity index (χ0) is 12.2. The molecule has 1 aliphatic rings. The van der Waals surface area contributed by atoms with Gasteiger partial charge in [-0.25, -0.2) is 4.79 Å². The first-order chi connectivity index (χ1) is 7.42. The Kier molecular flexibility index (Phi) is 4.56. The molecule has 0 aromatic rings. The quantitative estimate of drug-likeness (QED) is 0.659. The van der Waals surface area contributed by atoms with E-state index in [0.29, 0.717) is 6.42 Å². The summed E-state index contributed by atoms with van der Waals surface area (Å²) in [4.78, 5) is 11.5. The Morgan fingerprint density at radius 1 is 1.50 bits per heavy atom. The second-order valence-electron chi connectivity index (χ2n) is 5.18. The van der Waals surface area contributed by atoms with E-state index in [0.717, 1.165) is 13.1 Å². The van der Waals surface area contributed by atoms with E-state index < -0.39 is 5.60 Å². The summed E-state index contributed by atoms with van der Waals surface area (Å²) in [6, 6.07) is 0.0574. The van der Waals surface area contributed by atoms with Crippen LogP contribution in [0.5, 0.6) is 0 Å². The van der Waals surface area contributed by atoms with Crippen molar-refractivity contribution in [1.29, 1.82) is 0 Å². The maximum atomic E-state index is 11.5. The summed E-state index contributed by atoms with van der Waals surface area (Å²) in [5.41, 5.74) is -0.470. The van der Waals surface area contributed by atoms with Gasteiger partial charge < -0.3 is 20.5 Å². The number of carbonyl (C=O) groups excluding carboxylic acids is 1. The van der Waals surface area contributed by atoms with Crippen molar-refractivity contribution in [3.8, 4) is 0 Å². The van der Waals surface area contributed by atoms with Gasteiger partial charge in [-0.1, -0.05) is 0 Å². The van der Waals surface area contributed by atoms with Crippen molar-refractivity contribution >= 4 is 6.09 Å². The second-order valence-corrected chi connectivity index (χ2v) is 5.18. The Labute approximate surface area is 96.6 Å². The molecule has 0 radical (unpaired) electrons. The number of carbonyl (C=O) groups is 1. The van der Waals surface area contributed by atoms with Gasteiger partial charge in [0.2, 0.25) is 0 Å². The van der Waals surface area contributed by atoms with E-state index in [2.05, 4.69) is 10.6 Å². The van der Waals surface area contributed by atoms with Gasteiger partial charge in [-0.15, -0.1) is 0 Å². The van der Waals surface area contributed by atoms with E-state index in [9.17, 15) is 4.79 Å². The molecule has 0 bridgehead atoms. The van der Waals surface area contributed by atoms with Crippen molar-refractivity contribution in [2.75, 3.05) is 19.7 Å². The van der Waals surface area contributed by atoms with Gasteiger partial charge in [-0.3, -0.25) is 0 Å². The second kappa shape index (κ2) is 5.50. The predicted octanol–water partition coefficient (Wildman–Crippen LogP) is 0.481. The summed E-state index contributed by atoms with van der Waals surface area (Å²) in [7, 11) is 0. The summed E-state index contributed by atoms with van der Waals surface area (Å²) in [6.45, 7) is 7.24. The zero-order valence-electron chi connectivity index (χ0n) is 10.2. The topological polar surface area (TPSA) is 70.6 Å². The van der Waals surface area contributed by atoms with Crippen LogP contribution >= 0.6 is 0 Å². The normalized spacial score (nSPS) is 25.5. The molecule has 0 saturated carbocycles. The molecule has 0 unspecified atom stereocenters. The largest absolute Gasteiger partial charge is 0.444 e. The van der Waals surface area contributed by atoms with Gasteiger partial charge >= 0.3 is 6.09 Å². The fourth-order valence-electron chi connectivity index (χ4n) is 1.83. The minimum atomic E-state index is -0.470.